The van der Waals surface area contributed by atoms with Crippen LogP contribution in [-0.4, -0.2) is 54.2 Å². The van der Waals surface area contributed by atoms with Crippen LogP contribution in [0.25, 0.3) is 11.3 Å². The molecule has 0 bridgehead atoms. The molecule has 0 unspecified atom stereocenters. The van der Waals surface area contributed by atoms with Gasteiger partial charge in [0.15, 0.2) is 0 Å². The summed E-state index contributed by atoms with van der Waals surface area (Å²) in [7, 11) is 1.54. The van der Waals surface area contributed by atoms with Crippen LogP contribution in [0.5, 0.6) is 5.75 Å². The molecule has 1 fully saturated rings. The van der Waals surface area contributed by atoms with E-state index in [0.29, 0.717) is 43.2 Å². The molecule has 2 amide bonds. The van der Waals surface area contributed by atoms with Gasteiger partial charge in [0.25, 0.3) is 0 Å². The van der Waals surface area contributed by atoms with Crippen molar-refractivity contribution in [1.82, 2.24) is 14.9 Å². The fourth-order valence-corrected chi connectivity index (χ4v) is 3.41. The monoisotopic (exact) mass is 407 g/mol. The lowest BCUT2D eigenvalue weighted by Crippen LogP contribution is -2.50. The fraction of sp³-hybridized carbons (Fsp3) is 0.227. The number of amides is 2. The van der Waals surface area contributed by atoms with Crippen molar-refractivity contribution in [3.63, 3.8) is 0 Å². The van der Waals surface area contributed by atoms with Crippen molar-refractivity contribution < 1.29 is 13.9 Å². The Morgan fingerprint density at radius 1 is 1.03 bits per heavy atom. The average molecular weight is 407 g/mol. The van der Waals surface area contributed by atoms with Gasteiger partial charge in [-0.15, -0.1) is 0 Å². The number of nitrogens with one attached hydrogen (secondary N) is 1. The normalized spacial score (nSPS) is 13.8. The first-order chi connectivity index (χ1) is 14.6. The molecule has 1 aliphatic rings. The summed E-state index contributed by atoms with van der Waals surface area (Å²) in [4.78, 5) is 25.0. The van der Waals surface area contributed by atoms with Crippen LogP contribution < -0.4 is 15.0 Å². The Bertz CT molecular complexity index is 1020. The zero-order valence-corrected chi connectivity index (χ0v) is 16.6. The molecule has 2 aromatic carbocycles. The first kappa shape index (κ1) is 19.6. The maximum Gasteiger partial charge on any atom is 0.321 e. The third-order valence-electron chi connectivity index (χ3n) is 5.01. The van der Waals surface area contributed by atoms with E-state index in [1.54, 1.807) is 18.1 Å². The first-order valence-corrected chi connectivity index (χ1v) is 9.66. The van der Waals surface area contributed by atoms with Crippen molar-refractivity contribution in [2.75, 3.05) is 43.5 Å². The molecule has 3 aromatic rings. The molecule has 0 atom stereocenters. The Hall–Kier alpha value is -3.68. The number of carbonyl (C=O) groups excluding carboxylic acids is 1. The number of methoxy groups -OCH3 is 1. The lowest BCUT2D eigenvalue weighted by Gasteiger charge is -2.35. The summed E-state index contributed by atoms with van der Waals surface area (Å²) in [5.74, 6) is 0.918. The molecular weight excluding hydrogens is 385 g/mol. The van der Waals surface area contributed by atoms with E-state index in [-0.39, 0.29) is 11.8 Å². The predicted octanol–water partition coefficient (Wildman–Crippen LogP) is 3.65. The van der Waals surface area contributed by atoms with Crippen LogP contribution in [0.15, 0.2) is 60.9 Å². The fourth-order valence-electron chi connectivity index (χ4n) is 3.41. The van der Waals surface area contributed by atoms with Gasteiger partial charge in [0, 0.05) is 43.5 Å². The number of carbonyl (C=O) groups is 1. The van der Waals surface area contributed by atoms with E-state index in [9.17, 15) is 9.18 Å². The van der Waals surface area contributed by atoms with Crippen molar-refractivity contribution in [3.8, 4) is 17.0 Å². The molecule has 1 aromatic heterocycles. The average Bonchev–Trinajstić information content (AvgIpc) is 2.80. The van der Waals surface area contributed by atoms with Crippen LogP contribution >= 0.6 is 0 Å². The van der Waals surface area contributed by atoms with Crippen LogP contribution in [0, 0.1) is 5.82 Å². The van der Waals surface area contributed by atoms with E-state index in [2.05, 4.69) is 20.2 Å². The van der Waals surface area contributed by atoms with E-state index >= 15 is 0 Å². The third-order valence-corrected chi connectivity index (χ3v) is 5.01. The number of urea groups is 1. The molecular formula is C22H22FN5O2. The Morgan fingerprint density at radius 2 is 1.80 bits per heavy atom. The topological polar surface area (TPSA) is 70.6 Å². The largest absolute Gasteiger partial charge is 0.496 e. The molecule has 7 nitrogen and oxygen atoms in total. The van der Waals surface area contributed by atoms with Gasteiger partial charge in [-0.1, -0.05) is 18.2 Å². The molecule has 0 saturated carbocycles. The number of hydrogen-bond acceptors (Lipinski definition) is 5. The van der Waals surface area contributed by atoms with Gasteiger partial charge in [-0.3, -0.25) is 0 Å². The number of hydrogen-bond donors (Lipinski definition) is 1. The second-order valence-electron chi connectivity index (χ2n) is 6.88. The van der Waals surface area contributed by atoms with Crippen molar-refractivity contribution in [2.24, 2.45) is 0 Å². The van der Waals surface area contributed by atoms with Crippen LogP contribution in [0.2, 0.25) is 0 Å². The molecule has 0 radical (unpaired) electrons. The summed E-state index contributed by atoms with van der Waals surface area (Å²) in [5, 5.41) is 2.91. The smallest absolute Gasteiger partial charge is 0.321 e. The molecule has 1 N–H and O–H groups in total. The van der Waals surface area contributed by atoms with Crippen LogP contribution in [0.3, 0.4) is 0 Å². The quantitative estimate of drug-likeness (QED) is 0.715. The summed E-state index contributed by atoms with van der Waals surface area (Å²) < 4.78 is 19.1. The van der Waals surface area contributed by atoms with E-state index in [4.69, 9.17) is 4.74 Å². The van der Waals surface area contributed by atoms with E-state index in [0.717, 1.165) is 11.5 Å². The Balaban J connectivity index is 1.44. The molecule has 4 rings (SSSR count). The highest BCUT2D eigenvalue weighted by Gasteiger charge is 2.22. The number of nitrogens with zero attached hydrogens (tertiary/aromatic N) is 4. The SMILES string of the molecule is COc1ccc(F)cc1-c1cc(N2CCN(C(=O)Nc3ccccc3)CC2)ncn1. The van der Waals surface area contributed by atoms with Gasteiger partial charge in [0.05, 0.1) is 12.8 Å². The van der Waals surface area contributed by atoms with Gasteiger partial charge in [0.1, 0.15) is 23.7 Å². The summed E-state index contributed by atoms with van der Waals surface area (Å²) in [5.41, 5.74) is 1.93. The van der Waals surface area contributed by atoms with Crippen LogP contribution in [0.4, 0.5) is 20.7 Å². The first-order valence-electron chi connectivity index (χ1n) is 9.66. The lowest BCUT2D eigenvalue weighted by atomic mass is 10.1. The molecule has 1 aliphatic heterocycles. The second kappa shape index (κ2) is 8.77. The Labute approximate surface area is 174 Å². The van der Waals surface area contributed by atoms with Gasteiger partial charge in [-0.05, 0) is 30.3 Å². The van der Waals surface area contributed by atoms with Gasteiger partial charge < -0.3 is 19.9 Å². The second-order valence-corrected chi connectivity index (χ2v) is 6.88. The number of rotatable bonds is 4. The zero-order valence-electron chi connectivity index (χ0n) is 16.6. The highest BCUT2D eigenvalue weighted by molar-refractivity contribution is 5.89. The van der Waals surface area contributed by atoms with E-state index in [1.807, 2.05) is 36.4 Å². The maximum atomic E-state index is 13.7. The highest BCUT2D eigenvalue weighted by atomic mass is 19.1. The standard InChI is InChI=1S/C22H22FN5O2/c1-30-20-8-7-16(23)13-18(20)19-14-21(25-15-24-19)27-9-11-28(12-10-27)22(29)26-17-5-3-2-4-6-17/h2-8,13-15H,9-12H2,1H3,(H,26,29). The number of aromatic nitrogens is 2. The van der Waals surface area contributed by atoms with Crippen LogP contribution in [0.1, 0.15) is 0 Å². The zero-order chi connectivity index (χ0) is 20.9. The summed E-state index contributed by atoms with van der Waals surface area (Å²) in [6.07, 6.45) is 1.46. The number of piperazine rings is 1. The maximum absolute atomic E-state index is 13.7. The lowest BCUT2D eigenvalue weighted by molar-refractivity contribution is 0.208. The number of ether oxygens (including phenoxy) is 1. The third kappa shape index (κ3) is 4.32. The van der Waals surface area contributed by atoms with Gasteiger partial charge in [-0.2, -0.15) is 0 Å². The molecule has 1 saturated heterocycles. The molecule has 0 spiro atoms. The van der Waals surface area contributed by atoms with Crippen molar-refractivity contribution >= 4 is 17.5 Å². The predicted molar refractivity (Wildman–Crippen MR) is 113 cm³/mol. The molecule has 154 valence electrons. The van der Waals surface area contributed by atoms with Gasteiger partial charge in [-0.25, -0.2) is 19.2 Å². The van der Waals surface area contributed by atoms with Gasteiger partial charge in [0.2, 0.25) is 0 Å². The minimum atomic E-state index is -0.357. The van der Waals surface area contributed by atoms with Gasteiger partial charge >= 0.3 is 6.03 Å². The highest BCUT2D eigenvalue weighted by Crippen LogP contribution is 2.30. The Kier molecular flexibility index (Phi) is 5.74. The number of benzene rings is 2. The minimum absolute atomic E-state index is 0.117. The van der Waals surface area contributed by atoms with Crippen molar-refractivity contribution in [1.29, 1.82) is 0 Å². The Morgan fingerprint density at radius 3 is 2.53 bits per heavy atom. The molecule has 2 heterocycles. The van der Waals surface area contributed by atoms with Crippen LogP contribution in [-0.2, 0) is 0 Å². The molecule has 30 heavy (non-hydrogen) atoms. The van der Waals surface area contributed by atoms with Crippen molar-refractivity contribution in [2.45, 2.75) is 0 Å². The number of halogens is 1. The number of anilines is 2. The minimum Gasteiger partial charge on any atom is -0.496 e. The van der Waals surface area contributed by atoms with E-state index in [1.165, 1.54) is 18.5 Å². The molecule has 0 aliphatic carbocycles. The molecule has 8 heteroatoms. The summed E-state index contributed by atoms with van der Waals surface area (Å²) >= 11 is 0. The van der Waals surface area contributed by atoms with Crippen molar-refractivity contribution in [3.05, 3.63) is 66.7 Å². The van der Waals surface area contributed by atoms with E-state index < -0.39 is 0 Å². The summed E-state index contributed by atoms with van der Waals surface area (Å²) in [6.45, 7) is 2.42. The summed E-state index contributed by atoms with van der Waals surface area (Å²) in [6, 6.07) is 15.4. The number of para-hydroxylation sites is 1.